The molecule has 0 saturated carbocycles. The van der Waals surface area contributed by atoms with Crippen LogP contribution in [-0.4, -0.2) is 34.1 Å². The first-order valence-electron chi connectivity index (χ1n) is 9.27. The number of aryl methyl sites for hydroxylation is 1. The van der Waals surface area contributed by atoms with Crippen molar-refractivity contribution in [1.29, 1.82) is 0 Å². The SMILES string of the molecule is CCOc1ccc(C(=O)N[C@H](c2cccc(OC)c2)c2nccn2C)cc1[N+](=O)[O-]. The minimum absolute atomic E-state index is 0.118. The lowest BCUT2D eigenvalue weighted by atomic mass is 10.0. The zero-order valence-corrected chi connectivity index (χ0v) is 16.9. The van der Waals surface area contributed by atoms with Crippen molar-refractivity contribution in [2.45, 2.75) is 13.0 Å². The molecule has 0 spiro atoms. The van der Waals surface area contributed by atoms with Crippen molar-refractivity contribution >= 4 is 11.6 Å². The van der Waals surface area contributed by atoms with E-state index in [2.05, 4.69) is 10.3 Å². The summed E-state index contributed by atoms with van der Waals surface area (Å²) in [6.07, 6.45) is 3.41. The molecule has 2 aromatic carbocycles. The number of nitro benzene ring substituents is 1. The van der Waals surface area contributed by atoms with Gasteiger partial charge in [0.2, 0.25) is 0 Å². The summed E-state index contributed by atoms with van der Waals surface area (Å²) >= 11 is 0. The molecule has 1 N–H and O–H groups in total. The number of nitrogens with zero attached hydrogens (tertiary/aromatic N) is 3. The third-order valence-corrected chi connectivity index (χ3v) is 4.54. The van der Waals surface area contributed by atoms with Crippen molar-refractivity contribution in [2.75, 3.05) is 13.7 Å². The van der Waals surface area contributed by atoms with Crippen LogP contribution >= 0.6 is 0 Å². The summed E-state index contributed by atoms with van der Waals surface area (Å²) in [5, 5.41) is 14.3. The van der Waals surface area contributed by atoms with Gasteiger partial charge in [-0.3, -0.25) is 14.9 Å². The predicted molar refractivity (Wildman–Crippen MR) is 110 cm³/mol. The first kappa shape index (κ1) is 20.8. The molecule has 0 aliphatic rings. The van der Waals surface area contributed by atoms with Crippen LogP contribution in [0.25, 0.3) is 0 Å². The van der Waals surface area contributed by atoms with Crippen LogP contribution in [0, 0.1) is 10.1 Å². The third kappa shape index (κ3) is 4.40. The largest absolute Gasteiger partial charge is 0.497 e. The summed E-state index contributed by atoms with van der Waals surface area (Å²) in [4.78, 5) is 28.2. The number of nitrogens with one attached hydrogen (secondary N) is 1. The molecule has 9 nitrogen and oxygen atoms in total. The quantitative estimate of drug-likeness (QED) is 0.451. The summed E-state index contributed by atoms with van der Waals surface area (Å²) in [5.41, 5.74) is 0.643. The number of rotatable bonds is 8. The number of carbonyl (C=O) groups excluding carboxylic acids is 1. The molecule has 1 heterocycles. The molecule has 1 amide bonds. The van der Waals surface area contributed by atoms with Crippen LogP contribution in [0.4, 0.5) is 5.69 Å². The predicted octanol–water partition coefficient (Wildman–Crippen LogP) is 3.26. The maximum Gasteiger partial charge on any atom is 0.311 e. The molecule has 3 rings (SSSR count). The number of hydrogen-bond acceptors (Lipinski definition) is 6. The van der Waals surface area contributed by atoms with E-state index >= 15 is 0 Å². The highest BCUT2D eigenvalue weighted by Gasteiger charge is 2.24. The minimum atomic E-state index is -0.585. The van der Waals surface area contributed by atoms with Gasteiger partial charge in [-0.2, -0.15) is 0 Å². The van der Waals surface area contributed by atoms with E-state index in [9.17, 15) is 14.9 Å². The number of amides is 1. The molecular formula is C21H22N4O5. The van der Waals surface area contributed by atoms with Crippen LogP contribution in [-0.2, 0) is 7.05 Å². The summed E-state index contributed by atoms with van der Waals surface area (Å²) in [6, 6.07) is 10.8. The normalized spacial score (nSPS) is 11.6. The lowest BCUT2D eigenvalue weighted by Gasteiger charge is -2.20. The fraction of sp³-hybridized carbons (Fsp3) is 0.238. The van der Waals surface area contributed by atoms with Crippen molar-refractivity contribution in [3.8, 4) is 11.5 Å². The lowest BCUT2D eigenvalue weighted by Crippen LogP contribution is -2.31. The summed E-state index contributed by atoms with van der Waals surface area (Å²) < 4.78 is 12.4. The number of benzene rings is 2. The molecule has 0 aliphatic heterocycles. The molecule has 9 heteroatoms. The first-order chi connectivity index (χ1) is 14.4. The Morgan fingerprint density at radius 2 is 2.10 bits per heavy atom. The summed E-state index contributed by atoms with van der Waals surface area (Å²) in [7, 11) is 3.38. The van der Waals surface area contributed by atoms with E-state index in [4.69, 9.17) is 9.47 Å². The number of methoxy groups -OCH3 is 1. The summed E-state index contributed by atoms with van der Waals surface area (Å²) in [6.45, 7) is 2.01. The highest BCUT2D eigenvalue weighted by molar-refractivity contribution is 5.95. The van der Waals surface area contributed by atoms with Crippen molar-refractivity contribution in [2.24, 2.45) is 7.05 Å². The van der Waals surface area contributed by atoms with Gasteiger partial charge in [0.1, 0.15) is 17.6 Å². The highest BCUT2D eigenvalue weighted by Crippen LogP contribution is 2.29. The Bertz CT molecular complexity index is 1060. The maximum atomic E-state index is 13.0. The van der Waals surface area contributed by atoms with Crippen LogP contribution < -0.4 is 14.8 Å². The van der Waals surface area contributed by atoms with Gasteiger partial charge in [-0.05, 0) is 36.8 Å². The minimum Gasteiger partial charge on any atom is -0.497 e. The molecule has 3 aromatic rings. The smallest absolute Gasteiger partial charge is 0.311 e. The summed E-state index contributed by atoms with van der Waals surface area (Å²) in [5.74, 6) is 0.888. The van der Waals surface area contributed by atoms with E-state index in [0.29, 0.717) is 11.6 Å². The second-order valence-corrected chi connectivity index (χ2v) is 6.45. The molecule has 0 unspecified atom stereocenters. The van der Waals surface area contributed by atoms with Gasteiger partial charge in [0.25, 0.3) is 5.91 Å². The number of imidazole rings is 1. The Morgan fingerprint density at radius 1 is 1.30 bits per heavy atom. The second-order valence-electron chi connectivity index (χ2n) is 6.45. The fourth-order valence-corrected chi connectivity index (χ4v) is 3.07. The van der Waals surface area contributed by atoms with Crippen molar-refractivity contribution in [3.05, 3.63) is 81.9 Å². The monoisotopic (exact) mass is 410 g/mol. The van der Waals surface area contributed by atoms with E-state index in [-0.39, 0.29) is 23.6 Å². The Morgan fingerprint density at radius 3 is 2.73 bits per heavy atom. The molecule has 30 heavy (non-hydrogen) atoms. The van der Waals surface area contributed by atoms with Gasteiger partial charge in [0, 0.05) is 31.1 Å². The molecule has 0 bridgehead atoms. The molecule has 0 radical (unpaired) electrons. The van der Waals surface area contributed by atoms with Gasteiger partial charge < -0.3 is 19.4 Å². The average molecular weight is 410 g/mol. The van der Waals surface area contributed by atoms with Crippen LogP contribution in [0.3, 0.4) is 0 Å². The average Bonchev–Trinajstić information content (AvgIpc) is 3.17. The number of nitro groups is 1. The number of carbonyl (C=O) groups is 1. The fourth-order valence-electron chi connectivity index (χ4n) is 3.07. The highest BCUT2D eigenvalue weighted by atomic mass is 16.6. The van der Waals surface area contributed by atoms with Gasteiger partial charge in [-0.25, -0.2) is 4.98 Å². The van der Waals surface area contributed by atoms with Gasteiger partial charge in [-0.15, -0.1) is 0 Å². The molecule has 1 aromatic heterocycles. The Labute approximate surface area is 173 Å². The zero-order valence-electron chi connectivity index (χ0n) is 16.9. The number of ether oxygens (including phenoxy) is 2. The van der Waals surface area contributed by atoms with Gasteiger partial charge in [0.15, 0.2) is 5.75 Å². The first-order valence-corrected chi connectivity index (χ1v) is 9.27. The number of aromatic nitrogens is 2. The second kappa shape index (κ2) is 9.08. The Balaban J connectivity index is 1.97. The van der Waals surface area contributed by atoms with Gasteiger partial charge in [-0.1, -0.05) is 12.1 Å². The molecule has 0 saturated heterocycles. The molecule has 156 valence electrons. The van der Waals surface area contributed by atoms with Crippen LogP contribution in [0.15, 0.2) is 54.9 Å². The van der Waals surface area contributed by atoms with Crippen molar-refractivity contribution in [1.82, 2.24) is 14.9 Å². The molecular weight excluding hydrogens is 388 g/mol. The van der Waals surface area contributed by atoms with E-state index in [0.717, 1.165) is 5.56 Å². The lowest BCUT2D eigenvalue weighted by molar-refractivity contribution is -0.385. The van der Waals surface area contributed by atoms with E-state index < -0.39 is 16.9 Å². The van der Waals surface area contributed by atoms with E-state index in [1.54, 1.807) is 43.1 Å². The molecule has 0 aliphatic carbocycles. The van der Waals surface area contributed by atoms with Gasteiger partial charge in [0.05, 0.1) is 18.6 Å². The Kier molecular flexibility index (Phi) is 6.31. The van der Waals surface area contributed by atoms with E-state index in [1.807, 2.05) is 19.2 Å². The molecule has 0 fully saturated rings. The topological polar surface area (TPSA) is 109 Å². The number of hydrogen-bond donors (Lipinski definition) is 1. The van der Waals surface area contributed by atoms with Crippen LogP contribution in [0.2, 0.25) is 0 Å². The third-order valence-electron chi connectivity index (χ3n) is 4.54. The standard InChI is InChI=1S/C21H22N4O5/c1-4-30-18-9-8-15(13-17(18)25(27)28)21(26)23-19(20-22-10-11-24(20)2)14-6-5-7-16(12-14)29-3/h5-13,19H,4H2,1-3H3,(H,23,26)/t19-/m1/s1. The Hall–Kier alpha value is -3.88. The van der Waals surface area contributed by atoms with Crippen LogP contribution in [0.1, 0.15) is 34.7 Å². The van der Waals surface area contributed by atoms with Crippen LogP contribution in [0.5, 0.6) is 11.5 Å². The van der Waals surface area contributed by atoms with E-state index in [1.165, 1.54) is 18.2 Å². The molecule has 1 atom stereocenters. The van der Waals surface area contributed by atoms with Crippen molar-refractivity contribution in [3.63, 3.8) is 0 Å². The van der Waals surface area contributed by atoms with Gasteiger partial charge >= 0.3 is 5.69 Å². The van der Waals surface area contributed by atoms with Crippen molar-refractivity contribution < 1.29 is 19.2 Å². The zero-order chi connectivity index (χ0) is 21.7. The maximum absolute atomic E-state index is 13.0.